The van der Waals surface area contributed by atoms with E-state index >= 15 is 0 Å². The molecule has 2 aromatic heterocycles. The summed E-state index contributed by atoms with van der Waals surface area (Å²) < 4.78 is 6.32. The summed E-state index contributed by atoms with van der Waals surface area (Å²) in [6.07, 6.45) is 9.65. The molecule has 0 spiro atoms. The van der Waals surface area contributed by atoms with Gasteiger partial charge in [0.15, 0.2) is 5.58 Å². The van der Waals surface area contributed by atoms with Crippen molar-refractivity contribution in [1.82, 2.24) is 9.88 Å². The number of aromatic nitrogens is 1. The van der Waals surface area contributed by atoms with Crippen LogP contribution in [-0.2, 0) is 0 Å². The first-order chi connectivity index (χ1) is 13.9. The van der Waals surface area contributed by atoms with Crippen molar-refractivity contribution in [3.8, 4) is 6.07 Å². The van der Waals surface area contributed by atoms with Gasteiger partial charge in [-0.15, -0.1) is 0 Å². The molecule has 2 N–H and O–H groups in total. The van der Waals surface area contributed by atoms with E-state index in [-0.39, 0.29) is 0 Å². The molecule has 0 amide bonds. The molecule has 2 aliphatic carbocycles. The molecule has 2 aromatic rings. The van der Waals surface area contributed by atoms with Crippen LogP contribution in [0.2, 0.25) is 0 Å². The summed E-state index contributed by atoms with van der Waals surface area (Å²) in [5.74, 6) is 1.55. The Morgan fingerprint density at radius 2 is 2.03 bits per heavy atom. The van der Waals surface area contributed by atoms with E-state index < -0.39 is 5.60 Å². The molecule has 6 nitrogen and oxygen atoms in total. The molecule has 4 aliphatic rings. The molecule has 154 valence electrons. The summed E-state index contributed by atoms with van der Waals surface area (Å²) in [5.41, 5.74) is 0.159. The van der Waals surface area contributed by atoms with Crippen molar-refractivity contribution in [2.24, 2.45) is 5.92 Å². The molecule has 3 unspecified atom stereocenters. The van der Waals surface area contributed by atoms with Crippen LogP contribution in [0.1, 0.15) is 57.6 Å². The smallest absolute Gasteiger partial charge is 0.204 e. The number of hydrogen-bond acceptors (Lipinski definition) is 6. The Bertz CT molecular complexity index is 958. The third-order valence-electron chi connectivity index (χ3n) is 7.41. The van der Waals surface area contributed by atoms with Gasteiger partial charge in [-0.05, 0) is 67.8 Å². The van der Waals surface area contributed by atoms with Gasteiger partial charge < -0.3 is 14.8 Å². The average Bonchev–Trinajstić information content (AvgIpc) is 3.15. The maximum Gasteiger partial charge on any atom is 0.204 e. The highest BCUT2D eigenvalue weighted by molar-refractivity contribution is 9.10. The van der Waals surface area contributed by atoms with Crippen LogP contribution in [0.3, 0.4) is 0 Å². The number of nitrogens with zero attached hydrogens (tertiary/aromatic N) is 3. The maximum atomic E-state index is 10.6. The monoisotopic (exact) mass is 458 g/mol. The predicted molar refractivity (Wildman–Crippen MR) is 115 cm³/mol. The fraction of sp³-hybridized carbons (Fsp3) is 0.636. The lowest BCUT2D eigenvalue weighted by Gasteiger charge is -2.56. The lowest BCUT2D eigenvalue weighted by molar-refractivity contribution is -0.130. The molecule has 2 bridgehead atoms. The van der Waals surface area contributed by atoms with Gasteiger partial charge in [0.25, 0.3) is 0 Å². The maximum absolute atomic E-state index is 10.6. The van der Waals surface area contributed by atoms with Gasteiger partial charge in [0.2, 0.25) is 5.76 Å². The van der Waals surface area contributed by atoms with Crippen molar-refractivity contribution in [3.05, 3.63) is 22.5 Å². The van der Waals surface area contributed by atoms with Crippen molar-refractivity contribution >= 4 is 32.7 Å². The van der Waals surface area contributed by atoms with Crippen molar-refractivity contribution in [2.75, 3.05) is 11.9 Å². The van der Waals surface area contributed by atoms with E-state index in [9.17, 15) is 5.11 Å². The lowest BCUT2D eigenvalue weighted by Crippen LogP contribution is -2.62. The Morgan fingerprint density at radius 1 is 1.28 bits per heavy atom. The number of nitrogens with one attached hydrogen (secondary N) is 1. The number of rotatable bonds is 3. The van der Waals surface area contributed by atoms with Crippen LogP contribution in [0.25, 0.3) is 11.0 Å². The molecule has 29 heavy (non-hydrogen) atoms. The fourth-order valence-corrected chi connectivity index (χ4v) is 6.28. The molecule has 0 radical (unpaired) electrons. The highest BCUT2D eigenvalue weighted by atomic mass is 79.9. The highest BCUT2D eigenvalue weighted by Crippen LogP contribution is 2.44. The van der Waals surface area contributed by atoms with E-state index in [0.29, 0.717) is 35.4 Å². The number of furan rings is 1. The first-order valence-electron chi connectivity index (χ1n) is 10.7. The molecule has 4 heterocycles. The Labute approximate surface area is 179 Å². The zero-order chi connectivity index (χ0) is 20.2. The quantitative estimate of drug-likeness (QED) is 0.707. The van der Waals surface area contributed by atoms with Crippen molar-refractivity contribution < 1.29 is 9.52 Å². The fourth-order valence-electron chi connectivity index (χ4n) is 5.75. The minimum absolute atomic E-state index is 0.301. The van der Waals surface area contributed by atoms with Crippen LogP contribution in [0.4, 0.5) is 5.82 Å². The number of aliphatic hydroxyl groups is 1. The van der Waals surface area contributed by atoms with E-state index in [0.717, 1.165) is 41.5 Å². The van der Waals surface area contributed by atoms with Gasteiger partial charge in [0, 0.05) is 42.0 Å². The van der Waals surface area contributed by atoms with Crippen LogP contribution >= 0.6 is 15.9 Å². The standard InChI is InChI=1S/C22H27BrN4O2/c1-22(28)9-16-5-2-13(22)12-27(16)15-6-3-14(4-7-15)26-21-20(23)18-8-17(10-24)29-19(18)11-25-21/h8,11,13-16,28H,2-7,9,12H2,1H3,(H,25,26). The molecule has 0 aromatic carbocycles. The molecule has 7 heteroatoms. The number of fused-ring (bicyclic) bond motifs is 4. The molecular formula is C22H27BrN4O2. The Kier molecular flexibility index (Phi) is 4.84. The van der Waals surface area contributed by atoms with Gasteiger partial charge in [-0.2, -0.15) is 5.26 Å². The van der Waals surface area contributed by atoms with Crippen LogP contribution in [0, 0.1) is 17.2 Å². The van der Waals surface area contributed by atoms with Crippen LogP contribution < -0.4 is 5.32 Å². The largest absolute Gasteiger partial charge is 0.444 e. The summed E-state index contributed by atoms with van der Waals surface area (Å²) in [6, 6.07) is 5.39. The predicted octanol–water partition coefficient (Wildman–Crippen LogP) is 4.42. The van der Waals surface area contributed by atoms with E-state index in [1.165, 1.54) is 25.7 Å². The Balaban J connectivity index is 1.22. The number of hydrogen-bond donors (Lipinski definition) is 2. The second kappa shape index (κ2) is 7.26. The molecule has 2 aliphatic heterocycles. The van der Waals surface area contributed by atoms with Crippen molar-refractivity contribution in [2.45, 2.75) is 75.6 Å². The number of pyridine rings is 1. The van der Waals surface area contributed by atoms with Crippen LogP contribution in [0.5, 0.6) is 0 Å². The van der Waals surface area contributed by atoms with E-state index in [2.05, 4.69) is 31.1 Å². The molecule has 3 atom stereocenters. The summed E-state index contributed by atoms with van der Waals surface area (Å²) in [5, 5.41) is 24.2. The molecule has 2 saturated heterocycles. The van der Waals surface area contributed by atoms with Crippen LogP contribution in [-0.4, -0.2) is 45.3 Å². The summed E-state index contributed by atoms with van der Waals surface area (Å²) in [4.78, 5) is 7.21. The molecule has 6 rings (SSSR count). The van der Waals surface area contributed by atoms with Gasteiger partial charge >= 0.3 is 0 Å². The van der Waals surface area contributed by atoms with Gasteiger partial charge in [0.05, 0.1) is 16.3 Å². The van der Waals surface area contributed by atoms with Gasteiger partial charge in [-0.3, -0.25) is 4.90 Å². The highest BCUT2D eigenvalue weighted by Gasteiger charge is 2.48. The number of piperidine rings is 2. The van der Waals surface area contributed by atoms with E-state index in [1.54, 1.807) is 12.3 Å². The number of halogens is 1. The van der Waals surface area contributed by atoms with Gasteiger partial charge in [-0.25, -0.2) is 4.98 Å². The van der Waals surface area contributed by atoms with Crippen molar-refractivity contribution in [3.63, 3.8) is 0 Å². The van der Waals surface area contributed by atoms with E-state index in [4.69, 9.17) is 9.68 Å². The zero-order valence-electron chi connectivity index (χ0n) is 16.7. The summed E-state index contributed by atoms with van der Waals surface area (Å²) in [7, 11) is 0. The first-order valence-corrected chi connectivity index (χ1v) is 11.5. The zero-order valence-corrected chi connectivity index (χ0v) is 18.3. The van der Waals surface area contributed by atoms with E-state index in [1.807, 2.05) is 13.0 Å². The normalized spacial score (nSPS) is 35.0. The second-order valence-electron chi connectivity index (χ2n) is 9.26. The Hall–Kier alpha value is -1.62. The number of nitriles is 1. The number of anilines is 1. The van der Waals surface area contributed by atoms with Crippen molar-refractivity contribution in [1.29, 1.82) is 5.26 Å². The summed E-state index contributed by atoms with van der Waals surface area (Å²) in [6.45, 7) is 3.09. The molecular weight excluding hydrogens is 432 g/mol. The van der Waals surface area contributed by atoms with Gasteiger partial charge in [-0.1, -0.05) is 0 Å². The minimum Gasteiger partial charge on any atom is -0.444 e. The Morgan fingerprint density at radius 3 is 2.69 bits per heavy atom. The topological polar surface area (TPSA) is 85.3 Å². The van der Waals surface area contributed by atoms with Crippen LogP contribution in [0.15, 0.2) is 21.2 Å². The third kappa shape index (κ3) is 3.45. The van der Waals surface area contributed by atoms with Gasteiger partial charge in [0.1, 0.15) is 11.9 Å². The molecule has 4 fully saturated rings. The average molecular weight is 459 g/mol. The SMILES string of the molecule is CC1(O)CC2CCC1CN2C1CCC(Nc2ncc3oc(C#N)cc3c2Br)CC1. The summed E-state index contributed by atoms with van der Waals surface area (Å²) >= 11 is 3.63. The lowest BCUT2D eigenvalue weighted by atomic mass is 9.68. The molecule has 2 saturated carbocycles. The minimum atomic E-state index is -0.465. The first kappa shape index (κ1) is 19.3. The second-order valence-corrected chi connectivity index (χ2v) is 10.1. The third-order valence-corrected chi connectivity index (χ3v) is 8.21.